The smallest absolute Gasteiger partial charge is 0.129 e. The number of benzene rings is 2. The number of rotatable bonds is 4. The minimum Gasteiger partial charge on any atom is -0.489 e. The normalized spacial score (nSPS) is 10.7. The van der Waals surface area contributed by atoms with Crippen molar-refractivity contribution in [1.82, 2.24) is 0 Å². The molecule has 1 N–H and O–H groups in total. The Morgan fingerprint density at radius 1 is 1.17 bits per heavy atom. The lowest BCUT2D eigenvalue weighted by Gasteiger charge is -2.07. The van der Waals surface area contributed by atoms with Crippen LogP contribution in [0.15, 0.2) is 53.7 Å². The molecule has 0 aliphatic heterocycles. The van der Waals surface area contributed by atoms with Gasteiger partial charge in [-0.15, -0.1) is 0 Å². The number of oxime groups is 1. The number of halogens is 1. The predicted molar refractivity (Wildman–Crippen MR) is 66.6 cm³/mol. The third-order valence-corrected chi connectivity index (χ3v) is 2.42. The summed E-state index contributed by atoms with van der Waals surface area (Å²) >= 11 is 0. The van der Waals surface area contributed by atoms with Crippen molar-refractivity contribution in [3.63, 3.8) is 0 Å². The van der Waals surface area contributed by atoms with Crippen molar-refractivity contribution in [2.24, 2.45) is 5.16 Å². The minimum absolute atomic E-state index is 0.159. The van der Waals surface area contributed by atoms with Gasteiger partial charge in [0.25, 0.3) is 0 Å². The topological polar surface area (TPSA) is 41.8 Å². The number of nitrogens with zero attached hydrogens (tertiary/aromatic N) is 1. The standard InChI is InChI=1S/C14H12FNO2/c15-14-7-2-1-5-12(14)10-18-13-6-3-4-11(8-13)9-16-17/h1-9,17H,10H2/b16-9-. The van der Waals surface area contributed by atoms with Gasteiger partial charge < -0.3 is 9.94 Å². The Hall–Kier alpha value is -2.36. The highest BCUT2D eigenvalue weighted by Crippen LogP contribution is 2.15. The van der Waals surface area contributed by atoms with E-state index in [0.717, 1.165) is 0 Å². The largest absolute Gasteiger partial charge is 0.489 e. The molecule has 92 valence electrons. The van der Waals surface area contributed by atoms with E-state index in [2.05, 4.69) is 5.16 Å². The van der Waals surface area contributed by atoms with Crippen LogP contribution in [0.3, 0.4) is 0 Å². The fraction of sp³-hybridized carbons (Fsp3) is 0.0714. The van der Waals surface area contributed by atoms with Gasteiger partial charge in [0.2, 0.25) is 0 Å². The van der Waals surface area contributed by atoms with E-state index in [1.54, 1.807) is 42.5 Å². The average Bonchev–Trinajstić information content (AvgIpc) is 2.39. The Morgan fingerprint density at radius 3 is 2.78 bits per heavy atom. The van der Waals surface area contributed by atoms with E-state index in [-0.39, 0.29) is 12.4 Å². The molecule has 0 radical (unpaired) electrons. The van der Waals surface area contributed by atoms with Crippen LogP contribution in [0.1, 0.15) is 11.1 Å². The molecule has 0 spiro atoms. The van der Waals surface area contributed by atoms with Crippen LogP contribution in [-0.4, -0.2) is 11.4 Å². The lowest BCUT2D eigenvalue weighted by molar-refractivity contribution is 0.299. The summed E-state index contributed by atoms with van der Waals surface area (Å²) in [5, 5.41) is 11.4. The lowest BCUT2D eigenvalue weighted by Crippen LogP contribution is -1.98. The highest BCUT2D eigenvalue weighted by atomic mass is 19.1. The fourth-order valence-electron chi connectivity index (χ4n) is 1.53. The molecular formula is C14H12FNO2. The minimum atomic E-state index is -0.287. The lowest BCUT2D eigenvalue weighted by atomic mass is 10.2. The summed E-state index contributed by atoms with van der Waals surface area (Å²) < 4.78 is 18.8. The summed E-state index contributed by atoms with van der Waals surface area (Å²) in [4.78, 5) is 0. The van der Waals surface area contributed by atoms with Crippen LogP contribution in [0.2, 0.25) is 0 Å². The highest BCUT2D eigenvalue weighted by molar-refractivity contribution is 5.79. The van der Waals surface area contributed by atoms with Gasteiger partial charge in [-0.2, -0.15) is 0 Å². The van der Waals surface area contributed by atoms with E-state index in [9.17, 15) is 4.39 Å². The number of ether oxygens (including phenoxy) is 1. The van der Waals surface area contributed by atoms with Crippen molar-refractivity contribution in [3.05, 3.63) is 65.5 Å². The van der Waals surface area contributed by atoms with Gasteiger partial charge in [-0.25, -0.2) is 4.39 Å². The van der Waals surface area contributed by atoms with Crippen LogP contribution in [0, 0.1) is 5.82 Å². The summed E-state index contributed by atoms with van der Waals surface area (Å²) in [5.41, 5.74) is 1.21. The summed E-state index contributed by atoms with van der Waals surface area (Å²) in [6.45, 7) is 0.159. The number of hydrogen-bond donors (Lipinski definition) is 1. The van der Waals surface area contributed by atoms with Crippen molar-refractivity contribution in [3.8, 4) is 5.75 Å². The van der Waals surface area contributed by atoms with E-state index in [1.807, 2.05) is 0 Å². The monoisotopic (exact) mass is 245 g/mol. The predicted octanol–water partition coefficient (Wildman–Crippen LogP) is 3.21. The van der Waals surface area contributed by atoms with Crippen LogP contribution >= 0.6 is 0 Å². The molecule has 3 nitrogen and oxygen atoms in total. The molecule has 2 rings (SSSR count). The van der Waals surface area contributed by atoms with Crippen molar-refractivity contribution in [2.75, 3.05) is 0 Å². The maximum Gasteiger partial charge on any atom is 0.129 e. The molecule has 0 aromatic heterocycles. The molecule has 0 amide bonds. The number of hydrogen-bond acceptors (Lipinski definition) is 3. The van der Waals surface area contributed by atoms with Gasteiger partial charge in [0.05, 0.1) is 6.21 Å². The molecule has 2 aromatic rings. The van der Waals surface area contributed by atoms with E-state index < -0.39 is 0 Å². The molecule has 0 aliphatic carbocycles. The van der Waals surface area contributed by atoms with Crippen molar-refractivity contribution < 1.29 is 14.3 Å². The molecular weight excluding hydrogens is 233 g/mol. The second-order valence-corrected chi connectivity index (χ2v) is 3.70. The Balaban J connectivity index is 2.06. The second-order valence-electron chi connectivity index (χ2n) is 3.70. The first-order valence-corrected chi connectivity index (χ1v) is 5.43. The Bertz CT molecular complexity index is 555. The molecule has 2 aromatic carbocycles. The quantitative estimate of drug-likeness (QED) is 0.510. The van der Waals surface area contributed by atoms with Gasteiger partial charge in [-0.05, 0) is 23.8 Å². The summed E-state index contributed by atoms with van der Waals surface area (Å²) in [7, 11) is 0. The van der Waals surface area contributed by atoms with Crippen LogP contribution in [0.25, 0.3) is 0 Å². The molecule has 0 fully saturated rings. The zero-order valence-corrected chi connectivity index (χ0v) is 9.58. The van der Waals surface area contributed by atoms with Crippen molar-refractivity contribution in [1.29, 1.82) is 0 Å². The van der Waals surface area contributed by atoms with Crippen molar-refractivity contribution in [2.45, 2.75) is 6.61 Å². The van der Waals surface area contributed by atoms with E-state index in [4.69, 9.17) is 9.94 Å². The fourth-order valence-corrected chi connectivity index (χ4v) is 1.53. The maximum absolute atomic E-state index is 13.4. The van der Waals surface area contributed by atoms with Gasteiger partial charge in [0, 0.05) is 5.56 Å². The molecule has 0 unspecified atom stereocenters. The molecule has 0 bridgehead atoms. The van der Waals surface area contributed by atoms with Crippen LogP contribution < -0.4 is 4.74 Å². The summed E-state index contributed by atoms with van der Waals surface area (Å²) in [6.07, 6.45) is 1.30. The van der Waals surface area contributed by atoms with Gasteiger partial charge in [0.1, 0.15) is 18.2 Å². The second kappa shape index (κ2) is 5.82. The average molecular weight is 245 g/mol. The van der Waals surface area contributed by atoms with Crippen LogP contribution in [-0.2, 0) is 6.61 Å². The Morgan fingerprint density at radius 2 is 2.00 bits per heavy atom. The molecule has 0 heterocycles. The Labute approximate surface area is 104 Å². The van der Waals surface area contributed by atoms with Crippen LogP contribution in [0.5, 0.6) is 5.75 Å². The first-order chi connectivity index (χ1) is 8.79. The molecule has 0 saturated carbocycles. The van der Waals surface area contributed by atoms with E-state index in [0.29, 0.717) is 16.9 Å². The first kappa shape index (κ1) is 12.1. The highest BCUT2D eigenvalue weighted by Gasteiger charge is 2.01. The van der Waals surface area contributed by atoms with Crippen LogP contribution in [0.4, 0.5) is 4.39 Å². The van der Waals surface area contributed by atoms with Crippen molar-refractivity contribution >= 4 is 6.21 Å². The molecule has 18 heavy (non-hydrogen) atoms. The summed E-state index contributed by atoms with van der Waals surface area (Å²) in [6, 6.07) is 13.5. The SMILES string of the molecule is O/N=C\c1cccc(OCc2ccccc2F)c1. The zero-order valence-electron chi connectivity index (χ0n) is 9.58. The van der Waals surface area contributed by atoms with E-state index in [1.165, 1.54) is 12.3 Å². The molecule has 4 heteroatoms. The molecule has 0 saturated heterocycles. The molecule has 0 aliphatic rings. The van der Waals surface area contributed by atoms with Gasteiger partial charge in [-0.1, -0.05) is 35.5 Å². The van der Waals surface area contributed by atoms with Gasteiger partial charge in [0.15, 0.2) is 0 Å². The third-order valence-electron chi connectivity index (χ3n) is 2.42. The van der Waals surface area contributed by atoms with Gasteiger partial charge in [-0.3, -0.25) is 0 Å². The zero-order chi connectivity index (χ0) is 12.8. The molecule has 0 atom stereocenters. The first-order valence-electron chi connectivity index (χ1n) is 5.43. The Kier molecular flexibility index (Phi) is 3.91. The van der Waals surface area contributed by atoms with E-state index >= 15 is 0 Å². The summed E-state index contributed by atoms with van der Waals surface area (Å²) in [5.74, 6) is 0.307. The van der Waals surface area contributed by atoms with Gasteiger partial charge >= 0.3 is 0 Å². The third kappa shape index (κ3) is 3.07. The maximum atomic E-state index is 13.4.